The molecule has 0 bridgehead atoms. The van der Waals surface area contributed by atoms with E-state index in [0.29, 0.717) is 4.47 Å². The van der Waals surface area contributed by atoms with Crippen LogP contribution in [0.25, 0.3) is 21.8 Å². The second kappa shape index (κ2) is 3.00. The third kappa shape index (κ3) is 1.16. The zero-order valence-electron chi connectivity index (χ0n) is 7.79. The predicted molar refractivity (Wildman–Crippen MR) is 65.2 cm³/mol. The lowest BCUT2D eigenvalue weighted by Crippen LogP contribution is -1.72. The molecule has 0 amide bonds. The number of benzene rings is 2. The number of aromatic amines is 1. The van der Waals surface area contributed by atoms with E-state index in [1.54, 1.807) is 0 Å². The average molecular weight is 262 g/mol. The van der Waals surface area contributed by atoms with E-state index in [2.05, 4.69) is 20.9 Å². The molecule has 0 fully saturated rings. The van der Waals surface area contributed by atoms with Crippen LogP contribution in [0, 0.1) is 0 Å². The molecule has 3 heteroatoms. The Labute approximate surface area is 94.7 Å². The van der Waals surface area contributed by atoms with Gasteiger partial charge in [-0.2, -0.15) is 0 Å². The number of phenolic OH excluding ortho intramolecular Hbond substituents is 1. The van der Waals surface area contributed by atoms with Gasteiger partial charge in [-0.1, -0.05) is 24.3 Å². The summed E-state index contributed by atoms with van der Waals surface area (Å²) >= 11 is 3.30. The molecule has 1 aromatic heterocycles. The zero-order chi connectivity index (χ0) is 10.4. The number of rotatable bonds is 0. The van der Waals surface area contributed by atoms with Gasteiger partial charge >= 0.3 is 0 Å². The molecule has 3 aromatic rings. The maximum atomic E-state index is 9.88. The van der Waals surface area contributed by atoms with Crippen LogP contribution < -0.4 is 0 Å². The Morgan fingerprint density at radius 2 is 1.80 bits per heavy atom. The molecular weight excluding hydrogens is 254 g/mol. The molecule has 0 atom stereocenters. The third-order valence-corrected chi connectivity index (χ3v) is 3.25. The number of nitrogens with one attached hydrogen (secondary N) is 1. The highest BCUT2D eigenvalue weighted by atomic mass is 79.9. The smallest absolute Gasteiger partial charge is 0.153 e. The minimum Gasteiger partial charge on any atom is -0.505 e. The first-order valence-corrected chi connectivity index (χ1v) is 5.44. The van der Waals surface area contributed by atoms with Crippen LogP contribution in [-0.2, 0) is 0 Å². The summed E-state index contributed by atoms with van der Waals surface area (Å²) < 4.78 is 0.710. The number of hydrogen-bond donors (Lipinski definition) is 2. The maximum Gasteiger partial charge on any atom is 0.153 e. The number of aromatic hydroxyl groups is 1. The molecule has 2 aromatic carbocycles. The van der Waals surface area contributed by atoms with Crippen LogP contribution in [-0.4, -0.2) is 10.1 Å². The van der Waals surface area contributed by atoms with Crippen molar-refractivity contribution in [3.8, 4) is 5.75 Å². The van der Waals surface area contributed by atoms with Crippen molar-refractivity contribution in [2.75, 3.05) is 0 Å². The van der Waals surface area contributed by atoms with E-state index in [-0.39, 0.29) is 5.75 Å². The van der Waals surface area contributed by atoms with Gasteiger partial charge in [0.2, 0.25) is 0 Å². The van der Waals surface area contributed by atoms with Crippen LogP contribution in [0.2, 0.25) is 0 Å². The SMILES string of the molecule is Oc1c(Br)ccc2c1[nH]c1ccccc12. The average Bonchev–Trinajstić information content (AvgIpc) is 2.63. The number of hydrogen-bond acceptors (Lipinski definition) is 1. The lowest BCUT2D eigenvalue weighted by Gasteiger charge is -1.97. The van der Waals surface area contributed by atoms with Crippen molar-refractivity contribution in [1.29, 1.82) is 0 Å². The number of para-hydroxylation sites is 1. The van der Waals surface area contributed by atoms with Gasteiger partial charge in [-0.05, 0) is 28.1 Å². The highest BCUT2D eigenvalue weighted by Gasteiger charge is 2.09. The van der Waals surface area contributed by atoms with E-state index in [0.717, 1.165) is 21.8 Å². The number of H-pyrrole nitrogens is 1. The van der Waals surface area contributed by atoms with E-state index in [4.69, 9.17) is 0 Å². The van der Waals surface area contributed by atoms with Crippen LogP contribution in [0.4, 0.5) is 0 Å². The van der Waals surface area contributed by atoms with Gasteiger partial charge in [0.05, 0.1) is 9.99 Å². The second-order valence-electron chi connectivity index (χ2n) is 3.49. The van der Waals surface area contributed by atoms with Gasteiger partial charge in [0.15, 0.2) is 5.75 Å². The molecule has 0 saturated heterocycles. The molecule has 0 spiro atoms. The summed E-state index contributed by atoms with van der Waals surface area (Å²) in [5, 5.41) is 12.1. The highest BCUT2D eigenvalue weighted by Crippen LogP contribution is 2.35. The van der Waals surface area contributed by atoms with Gasteiger partial charge in [0, 0.05) is 16.3 Å². The molecule has 2 nitrogen and oxygen atoms in total. The summed E-state index contributed by atoms with van der Waals surface area (Å²) in [4.78, 5) is 3.21. The summed E-state index contributed by atoms with van der Waals surface area (Å²) in [6, 6.07) is 11.9. The van der Waals surface area contributed by atoms with E-state index >= 15 is 0 Å². The topological polar surface area (TPSA) is 36.0 Å². The monoisotopic (exact) mass is 261 g/mol. The molecular formula is C12H8BrNO. The second-order valence-corrected chi connectivity index (χ2v) is 4.34. The summed E-state index contributed by atoms with van der Waals surface area (Å²) in [5.74, 6) is 0.267. The van der Waals surface area contributed by atoms with Gasteiger partial charge in [-0.3, -0.25) is 0 Å². The molecule has 0 aliphatic rings. The number of halogens is 1. The molecule has 2 N–H and O–H groups in total. The molecule has 0 unspecified atom stereocenters. The predicted octanol–water partition coefficient (Wildman–Crippen LogP) is 3.79. The van der Waals surface area contributed by atoms with Crippen molar-refractivity contribution in [3.05, 3.63) is 40.9 Å². The Morgan fingerprint density at radius 1 is 1.00 bits per heavy atom. The normalized spacial score (nSPS) is 11.3. The minimum atomic E-state index is 0.267. The van der Waals surface area contributed by atoms with Crippen LogP contribution in [0.1, 0.15) is 0 Å². The largest absolute Gasteiger partial charge is 0.505 e. The summed E-state index contributed by atoms with van der Waals surface area (Å²) in [6.45, 7) is 0. The summed E-state index contributed by atoms with van der Waals surface area (Å²) in [5.41, 5.74) is 1.83. The fourth-order valence-electron chi connectivity index (χ4n) is 1.88. The van der Waals surface area contributed by atoms with Crippen LogP contribution in [0.15, 0.2) is 40.9 Å². The Balaban J connectivity index is 2.60. The zero-order valence-corrected chi connectivity index (χ0v) is 9.38. The number of phenols is 1. The number of fused-ring (bicyclic) bond motifs is 3. The van der Waals surface area contributed by atoms with E-state index in [1.807, 2.05) is 36.4 Å². The van der Waals surface area contributed by atoms with Crippen LogP contribution in [0.5, 0.6) is 5.75 Å². The molecule has 0 saturated carbocycles. The Morgan fingerprint density at radius 3 is 2.67 bits per heavy atom. The summed E-state index contributed by atoms with van der Waals surface area (Å²) in [7, 11) is 0. The molecule has 1 heterocycles. The third-order valence-electron chi connectivity index (χ3n) is 2.61. The van der Waals surface area contributed by atoms with Crippen molar-refractivity contribution in [2.45, 2.75) is 0 Å². The van der Waals surface area contributed by atoms with Gasteiger partial charge in [0.25, 0.3) is 0 Å². The molecule has 15 heavy (non-hydrogen) atoms. The standard InChI is InChI=1S/C12H8BrNO/c13-9-6-5-8-7-3-1-2-4-10(7)14-11(8)12(9)15/h1-6,14-15H. The molecule has 0 aliphatic heterocycles. The minimum absolute atomic E-state index is 0.267. The molecule has 3 rings (SSSR count). The van der Waals surface area contributed by atoms with Crippen molar-refractivity contribution in [2.24, 2.45) is 0 Å². The Bertz CT molecular complexity index is 657. The van der Waals surface area contributed by atoms with Gasteiger partial charge in [-0.25, -0.2) is 0 Å². The lowest BCUT2D eigenvalue weighted by atomic mass is 10.1. The fraction of sp³-hybridized carbons (Fsp3) is 0. The Hall–Kier alpha value is -1.48. The molecule has 0 radical (unpaired) electrons. The first-order chi connectivity index (χ1) is 7.27. The van der Waals surface area contributed by atoms with E-state index in [1.165, 1.54) is 0 Å². The van der Waals surface area contributed by atoms with Crippen molar-refractivity contribution in [3.63, 3.8) is 0 Å². The van der Waals surface area contributed by atoms with E-state index in [9.17, 15) is 5.11 Å². The maximum absolute atomic E-state index is 9.88. The van der Waals surface area contributed by atoms with Gasteiger partial charge in [0.1, 0.15) is 0 Å². The summed E-state index contributed by atoms with van der Waals surface area (Å²) in [6.07, 6.45) is 0. The molecule has 0 aliphatic carbocycles. The Kier molecular flexibility index (Phi) is 1.76. The first-order valence-electron chi connectivity index (χ1n) is 4.65. The van der Waals surface area contributed by atoms with Crippen LogP contribution >= 0.6 is 15.9 Å². The molecule has 74 valence electrons. The van der Waals surface area contributed by atoms with Crippen molar-refractivity contribution < 1.29 is 5.11 Å². The lowest BCUT2D eigenvalue weighted by molar-refractivity contribution is 0.477. The van der Waals surface area contributed by atoms with Crippen molar-refractivity contribution >= 4 is 37.7 Å². The van der Waals surface area contributed by atoms with Gasteiger partial charge in [-0.15, -0.1) is 0 Å². The first kappa shape index (κ1) is 8.80. The van der Waals surface area contributed by atoms with Crippen molar-refractivity contribution in [1.82, 2.24) is 4.98 Å². The quantitative estimate of drug-likeness (QED) is 0.635. The van der Waals surface area contributed by atoms with E-state index < -0.39 is 0 Å². The highest BCUT2D eigenvalue weighted by molar-refractivity contribution is 9.10. The fourth-order valence-corrected chi connectivity index (χ4v) is 2.21. The number of aromatic nitrogens is 1. The van der Waals surface area contributed by atoms with Crippen LogP contribution in [0.3, 0.4) is 0 Å². The van der Waals surface area contributed by atoms with Gasteiger partial charge < -0.3 is 10.1 Å².